The molecule has 1 saturated heterocycles. The molecule has 0 bridgehead atoms. The molecule has 0 aliphatic carbocycles. The van der Waals surface area contributed by atoms with E-state index in [1.807, 2.05) is 0 Å². The Morgan fingerprint density at radius 1 is 0.617 bits per heavy atom. The fourth-order valence-electron chi connectivity index (χ4n) is 8.44. The zero-order valence-corrected chi connectivity index (χ0v) is 39.1. The van der Waals surface area contributed by atoms with Gasteiger partial charge >= 0.3 is 0 Å². The van der Waals surface area contributed by atoms with Crippen LogP contribution in [0.15, 0.2) is 0 Å². The van der Waals surface area contributed by atoms with Gasteiger partial charge in [0.15, 0.2) is 6.29 Å². The Bertz CT molecular complexity index is 1000. The average Bonchev–Trinajstić information content (AvgIpc) is 3.22. The van der Waals surface area contributed by atoms with Crippen molar-refractivity contribution in [1.82, 2.24) is 10.6 Å². The Morgan fingerprint density at radius 2 is 1.03 bits per heavy atom. The van der Waals surface area contributed by atoms with E-state index in [1.165, 1.54) is 148 Å². The molecule has 11 nitrogen and oxygen atoms in total. The van der Waals surface area contributed by atoms with E-state index >= 15 is 0 Å². The van der Waals surface area contributed by atoms with Gasteiger partial charge in [0.1, 0.15) is 30.5 Å². The van der Waals surface area contributed by atoms with Crippen LogP contribution in [0.4, 0.5) is 0 Å². The first-order valence-electron chi connectivity index (χ1n) is 25.2. The van der Waals surface area contributed by atoms with E-state index in [9.17, 15) is 35.1 Å². The van der Waals surface area contributed by atoms with E-state index in [0.29, 0.717) is 12.8 Å². The predicted molar refractivity (Wildman–Crippen MR) is 244 cm³/mol. The SMILES string of the molecule is CCCCCCCCCCCCCCCCCCCCCC(=O)N[C@@H](CO[C@@H]1O[C@H](CO)[C@@H](O)[C@H](O)[C@H]1NC(C)=O)[C@H](O)[C@H](O)CCCCCCCCCCCCC(C)C. The number of hydrogen-bond donors (Lipinski definition) is 7. The van der Waals surface area contributed by atoms with Crippen molar-refractivity contribution in [2.75, 3.05) is 13.2 Å². The highest BCUT2D eigenvalue weighted by Crippen LogP contribution is 2.24. The summed E-state index contributed by atoms with van der Waals surface area (Å²) < 4.78 is 11.6. The van der Waals surface area contributed by atoms with Crippen LogP contribution in [0.25, 0.3) is 0 Å². The molecule has 8 atom stereocenters. The first-order chi connectivity index (χ1) is 29.0. The van der Waals surface area contributed by atoms with Gasteiger partial charge in [-0.2, -0.15) is 0 Å². The van der Waals surface area contributed by atoms with E-state index < -0.39 is 61.4 Å². The van der Waals surface area contributed by atoms with Crippen LogP contribution in [0.2, 0.25) is 0 Å². The van der Waals surface area contributed by atoms with Crippen molar-refractivity contribution in [3.8, 4) is 0 Å². The van der Waals surface area contributed by atoms with Gasteiger partial charge in [0.25, 0.3) is 0 Å². The van der Waals surface area contributed by atoms with Crippen LogP contribution < -0.4 is 10.6 Å². The molecule has 0 spiro atoms. The van der Waals surface area contributed by atoms with Gasteiger partial charge in [0.05, 0.1) is 25.4 Å². The number of unbranched alkanes of at least 4 members (excludes halogenated alkanes) is 27. The number of amides is 2. The highest BCUT2D eigenvalue weighted by molar-refractivity contribution is 5.76. The lowest BCUT2D eigenvalue weighted by Crippen LogP contribution is -2.65. The van der Waals surface area contributed by atoms with E-state index in [4.69, 9.17) is 9.47 Å². The molecule has 60 heavy (non-hydrogen) atoms. The Labute approximate surface area is 367 Å². The lowest BCUT2D eigenvalue weighted by molar-refractivity contribution is -0.272. The van der Waals surface area contributed by atoms with E-state index in [1.54, 1.807) is 0 Å². The summed E-state index contributed by atoms with van der Waals surface area (Å²) in [6, 6.07) is -2.15. The zero-order chi connectivity index (χ0) is 44.2. The van der Waals surface area contributed by atoms with Crippen LogP contribution in [0.5, 0.6) is 0 Å². The van der Waals surface area contributed by atoms with Crippen LogP contribution in [-0.2, 0) is 19.1 Å². The molecule has 356 valence electrons. The maximum absolute atomic E-state index is 13.1. The lowest BCUT2D eigenvalue weighted by Gasteiger charge is -2.42. The van der Waals surface area contributed by atoms with E-state index in [2.05, 4.69) is 31.4 Å². The second kappa shape index (κ2) is 38.1. The fraction of sp³-hybridized carbons (Fsp3) is 0.959. The standard InChI is InChI=1S/C49H96N2O9/c1-5-6-7-8-9-10-11-12-13-14-15-16-17-18-19-24-27-30-33-36-44(55)51-41(38-59-49-45(50-40(4)53)48(58)47(57)43(37-52)60-49)46(56)42(54)35-32-29-26-23-21-20-22-25-28-31-34-39(2)3/h39,41-43,45-49,52,54,56-58H,5-38H2,1-4H3,(H,50,53)(H,51,55)/t41-,42+,43+,45+,46-,47+,48+,49+/m0/s1. The minimum Gasteiger partial charge on any atom is -0.394 e. The summed E-state index contributed by atoms with van der Waals surface area (Å²) >= 11 is 0. The Kier molecular flexibility index (Phi) is 36.0. The van der Waals surface area contributed by atoms with Gasteiger partial charge in [-0.15, -0.1) is 0 Å². The van der Waals surface area contributed by atoms with Gasteiger partial charge in [-0.25, -0.2) is 0 Å². The number of carbonyl (C=O) groups is 2. The monoisotopic (exact) mass is 857 g/mol. The molecule has 2 amide bonds. The van der Waals surface area contributed by atoms with Crippen molar-refractivity contribution in [3.63, 3.8) is 0 Å². The van der Waals surface area contributed by atoms with Crippen molar-refractivity contribution in [2.45, 2.75) is 282 Å². The predicted octanol–water partition coefficient (Wildman–Crippen LogP) is 9.31. The lowest BCUT2D eigenvalue weighted by atomic mass is 9.96. The van der Waals surface area contributed by atoms with Gasteiger partial charge < -0.3 is 45.6 Å². The van der Waals surface area contributed by atoms with Crippen molar-refractivity contribution in [2.24, 2.45) is 5.92 Å². The molecule has 0 aromatic carbocycles. The maximum atomic E-state index is 13.1. The van der Waals surface area contributed by atoms with E-state index in [0.717, 1.165) is 50.9 Å². The third-order valence-corrected chi connectivity index (χ3v) is 12.4. The molecule has 11 heteroatoms. The highest BCUT2D eigenvalue weighted by atomic mass is 16.7. The van der Waals surface area contributed by atoms with Crippen LogP contribution in [0.1, 0.15) is 233 Å². The molecule has 1 fully saturated rings. The smallest absolute Gasteiger partial charge is 0.220 e. The van der Waals surface area contributed by atoms with Crippen molar-refractivity contribution < 1.29 is 44.6 Å². The molecular weight excluding hydrogens is 761 g/mol. The summed E-state index contributed by atoms with van der Waals surface area (Å²) in [5.74, 6) is 0.0449. The van der Waals surface area contributed by atoms with Crippen molar-refractivity contribution >= 4 is 11.8 Å². The van der Waals surface area contributed by atoms with Crippen molar-refractivity contribution in [3.05, 3.63) is 0 Å². The van der Waals surface area contributed by atoms with Crippen LogP contribution >= 0.6 is 0 Å². The molecule has 1 heterocycles. The Balaban J connectivity index is 2.47. The molecule has 0 aromatic heterocycles. The number of ether oxygens (including phenoxy) is 2. The molecule has 0 saturated carbocycles. The minimum atomic E-state index is -1.49. The van der Waals surface area contributed by atoms with Crippen molar-refractivity contribution in [1.29, 1.82) is 0 Å². The summed E-state index contributed by atoms with van der Waals surface area (Å²) in [5, 5.41) is 58.6. The fourth-order valence-corrected chi connectivity index (χ4v) is 8.44. The average molecular weight is 857 g/mol. The zero-order valence-electron chi connectivity index (χ0n) is 39.1. The van der Waals surface area contributed by atoms with Crippen LogP contribution in [0, 0.1) is 5.92 Å². The summed E-state index contributed by atoms with van der Waals surface area (Å²) in [7, 11) is 0. The molecule has 0 aromatic rings. The highest BCUT2D eigenvalue weighted by Gasteiger charge is 2.46. The molecule has 1 aliphatic rings. The number of nitrogens with one attached hydrogen (secondary N) is 2. The normalized spacial score (nSPS) is 20.9. The second-order valence-electron chi connectivity index (χ2n) is 18.6. The summed E-state index contributed by atoms with van der Waals surface area (Å²) in [6.45, 7) is 7.21. The quantitative estimate of drug-likeness (QED) is 0.0295. The molecular formula is C49H96N2O9. The minimum absolute atomic E-state index is 0.256. The Morgan fingerprint density at radius 3 is 1.45 bits per heavy atom. The van der Waals surface area contributed by atoms with E-state index in [-0.39, 0.29) is 18.9 Å². The molecule has 1 aliphatic heterocycles. The number of hydrogen-bond acceptors (Lipinski definition) is 9. The molecule has 0 radical (unpaired) electrons. The molecule has 1 rings (SSSR count). The van der Waals surface area contributed by atoms with Crippen LogP contribution in [-0.4, -0.2) is 99.5 Å². The van der Waals surface area contributed by atoms with Gasteiger partial charge in [0, 0.05) is 13.3 Å². The van der Waals surface area contributed by atoms with Crippen LogP contribution in [0.3, 0.4) is 0 Å². The summed E-state index contributed by atoms with van der Waals surface area (Å²) in [6.07, 6.45) is 30.0. The molecule has 0 unspecified atom stereocenters. The maximum Gasteiger partial charge on any atom is 0.220 e. The number of carbonyl (C=O) groups excluding carboxylic acids is 2. The number of aliphatic hydroxyl groups excluding tert-OH is 5. The van der Waals surface area contributed by atoms with Gasteiger partial charge in [-0.1, -0.05) is 207 Å². The molecule has 7 N–H and O–H groups in total. The number of aliphatic hydroxyl groups is 5. The first kappa shape index (κ1) is 56.7. The summed E-state index contributed by atoms with van der Waals surface area (Å²) in [5.41, 5.74) is 0. The number of rotatable bonds is 41. The summed E-state index contributed by atoms with van der Waals surface area (Å²) in [4.78, 5) is 25.1. The topological polar surface area (TPSA) is 178 Å². The van der Waals surface area contributed by atoms with Gasteiger partial charge in [-0.05, 0) is 18.8 Å². The van der Waals surface area contributed by atoms with Gasteiger partial charge in [-0.3, -0.25) is 9.59 Å². The Hall–Kier alpha value is -1.34. The van der Waals surface area contributed by atoms with Gasteiger partial charge in [0.2, 0.25) is 11.8 Å². The third-order valence-electron chi connectivity index (χ3n) is 12.4. The third kappa shape index (κ3) is 29.1. The largest absolute Gasteiger partial charge is 0.394 e. The first-order valence-corrected chi connectivity index (χ1v) is 25.2. The second-order valence-corrected chi connectivity index (χ2v) is 18.6.